The molecule has 1 N–H and O–H groups in total. The third-order valence-corrected chi connectivity index (χ3v) is 3.18. The number of nitrogens with one attached hydrogen (secondary N) is 1. The van der Waals surface area contributed by atoms with Crippen molar-refractivity contribution in [3.05, 3.63) is 40.1 Å². The van der Waals surface area contributed by atoms with Crippen molar-refractivity contribution in [2.45, 2.75) is 13.8 Å². The minimum Gasteiger partial charge on any atom is -0.370 e. The van der Waals surface area contributed by atoms with Crippen LogP contribution in [0.4, 0.5) is 5.82 Å². The molecule has 0 unspecified atom stereocenters. The van der Waals surface area contributed by atoms with Crippen LogP contribution in [-0.2, 0) is 0 Å². The Labute approximate surface area is 116 Å². The van der Waals surface area contributed by atoms with Gasteiger partial charge in [0.05, 0.1) is 10.7 Å². The first-order valence-electron chi connectivity index (χ1n) is 5.64. The Kier molecular flexibility index (Phi) is 4.04. The third kappa shape index (κ3) is 2.57. The second-order valence-corrected chi connectivity index (χ2v) is 4.69. The van der Waals surface area contributed by atoms with Crippen LogP contribution in [0.3, 0.4) is 0 Å². The van der Waals surface area contributed by atoms with E-state index in [2.05, 4.69) is 15.3 Å². The molecule has 0 fully saturated rings. The van der Waals surface area contributed by atoms with Crippen molar-refractivity contribution in [3.63, 3.8) is 0 Å². The maximum atomic E-state index is 6.19. The highest BCUT2D eigenvalue weighted by Gasteiger charge is 2.12. The largest absolute Gasteiger partial charge is 0.370 e. The van der Waals surface area contributed by atoms with Crippen LogP contribution in [0.2, 0.25) is 10.0 Å². The third-order valence-electron chi connectivity index (χ3n) is 2.61. The SMILES string of the molecule is CCNc1ncnc(-c2cc(Cl)ccc2Cl)c1C. The van der Waals surface area contributed by atoms with Gasteiger partial charge in [-0.1, -0.05) is 23.2 Å². The number of aromatic nitrogens is 2. The molecule has 0 atom stereocenters. The molecule has 5 heteroatoms. The molecule has 0 radical (unpaired) electrons. The molecule has 0 aliphatic carbocycles. The van der Waals surface area contributed by atoms with Gasteiger partial charge in [-0.2, -0.15) is 0 Å². The van der Waals surface area contributed by atoms with Gasteiger partial charge in [0.25, 0.3) is 0 Å². The highest BCUT2D eigenvalue weighted by atomic mass is 35.5. The number of anilines is 1. The van der Waals surface area contributed by atoms with Crippen LogP contribution < -0.4 is 5.32 Å². The minimum atomic E-state index is 0.628. The number of halogens is 2. The Bertz CT molecular complexity index is 570. The number of hydrogen-bond acceptors (Lipinski definition) is 3. The van der Waals surface area contributed by atoms with Crippen LogP contribution in [0, 0.1) is 6.92 Å². The van der Waals surface area contributed by atoms with Crippen molar-refractivity contribution in [1.29, 1.82) is 0 Å². The summed E-state index contributed by atoms with van der Waals surface area (Å²) < 4.78 is 0. The average Bonchev–Trinajstić information content (AvgIpc) is 2.35. The molecular formula is C13H13Cl2N3. The van der Waals surface area contributed by atoms with E-state index in [0.717, 1.165) is 29.2 Å². The predicted octanol–water partition coefficient (Wildman–Crippen LogP) is 4.19. The van der Waals surface area contributed by atoms with Gasteiger partial charge in [0.1, 0.15) is 12.1 Å². The zero-order chi connectivity index (χ0) is 13.1. The maximum absolute atomic E-state index is 6.19. The smallest absolute Gasteiger partial charge is 0.132 e. The molecule has 1 aromatic heterocycles. The summed E-state index contributed by atoms with van der Waals surface area (Å²) in [5, 5.41) is 4.46. The Morgan fingerprint density at radius 3 is 2.72 bits per heavy atom. The van der Waals surface area contributed by atoms with E-state index in [1.165, 1.54) is 6.33 Å². The first-order chi connectivity index (χ1) is 8.63. The second kappa shape index (κ2) is 5.55. The summed E-state index contributed by atoms with van der Waals surface area (Å²) >= 11 is 12.2. The highest BCUT2D eigenvalue weighted by Crippen LogP contribution is 2.32. The van der Waals surface area contributed by atoms with Gasteiger partial charge in [-0.15, -0.1) is 0 Å². The van der Waals surface area contributed by atoms with Crippen molar-refractivity contribution in [2.75, 3.05) is 11.9 Å². The summed E-state index contributed by atoms with van der Waals surface area (Å²) in [5.74, 6) is 0.818. The van der Waals surface area contributed by atoms with Crippen molar-refractivity contribution in [3.8, 4) is 11.3 Å². The molecule has 0 spiro atoms. The zero-order valence-corrected chi connectivity index (χ0v) is 11.7. The fourth-order valence-electron chi connectivity index (χ4n) is 1.75. The van der Waals surface area contributed by atoms with Gasteiger partial charge in [0, 0.05) is 22.7 Å². The molecule has 3 nitrogen and oxygen atoms in total. The Morgan fingerprint density at radius 2 is 2.00 bits per heavy atom. The lowest BCUT2D eigenvalue weighted by Gasteiger charge is -2.11. The first kappa shape index (κ1) is 13.1. The number of rotatable bonds is 3. The quantitative estimate of drug-likeness (QED) is 0.917. The molecule has 0 saturated heterocycles. The van der Waals surface area contributed by atoms with Gasteiger partial charge in [-0.25, -0.2) is 9.97 Å². The van der Waals surface area contributed by atoms with E-state index < -0.39 is 0 Å². The first-order valence-corrected chi connectivity index (χ1v) is 6.40. The Morgan fingerprint density at radius 1 is 1.22 bits per heavy atom. The fourth-order valence-corrected chi connectivity index (χ4v) is 2.13. The number of hydrogen-bond donors (Lipinski definition) is 1. The summed E-state index contributed by atoms with van der Waals surface area (Å²) in [4.78, 5) is 8.51. The van der Waals surface area contributed by atoms with Gasteiger partial charge < -0.3 is 5.32 Å². The normalized spacial score (nSPS) is 10.4. The van der Waals surface area contributed by atoms with Crippen molar-refractivity contribution >= 4 is 29.0 Å². The van der Waals surface area contributed by atoms with E-state index in [-0.39, 0.29) is 0 Å². The Balaban J connectivity index is 2.57. The molecule has 1 heterocycles. The Hall–Kier alpha value is -1.32. The van der Waals surface area contributed by atoms with Gasteiger partial charge in [0.2, 0.25) is 0 Å². The van der Waals surface area contributed by atoms with Gasteiger partial charge in [-0.05, 0) is 32.0 Å². The lowest BCUT2D eigenvalue weighted by atomic mass is 10.1. The van der Waals surface area contributed by atoms with E-state index in [1.54, 1.807) is 12.1 Å². The summed E-state index contributed by atoms with van der Waals surface area (Å²) in [7, 11) is 0. The lowest BCUT2D eigenvalue weighted by molar-refractivity contribution is 1.09. The molecule has 94 valence electrons. The summed E-state index contributed by atoms with van der Waals surface area (Å²) in [6, 6.07) is 5.34. The minimum absolute atomic E-state index is 0.628. The summed E-state index contributed by atoms with van der Waals surface area (Å²) in [5.41, 5.74) is 2.58. The van der Waals surface area contributed by atoms with Crippen molar-refractivity contribution in [1.82, 2.24) is 9.97 Å². The highest BCUT2D eigenvalue weighted by molar-refractivity contribution is 6.35. The molecule has 2 rings (SSSR count). The van der Waals surface area contributed by atoms with Crippen LogP contribution >= 0.6 is 23.2 Å². The molecular weight excluding hydrogens is 269 g/mol. The van der Waals surface area contributed by atoms with Crippen LogP contribution in [0.15, 0.2) is 24.5 Å². The van der Waals surface area contributed by atoms with Gasteiger partial charge in [-0.3, -0.25) is 0 Å². The van der Waals surface area contributed by atoms with Gasteiger partial charge >= 0.3 is 0 Å². The van der Waals surface area contributed by atoms with E-state index in [0.29, 0.717) is 10.0 Å². The van der Waals surface area contributed by atoms with E-state index >= 15 is 0 Å². The van der Waals surface area contributed by atoms with Gasteiger partial charge in [0.15, 0.2) is 0 Å². The molecule has 2 aromatic rings. The molecule has 0 bridgehead atoms. The molecule has 0 saturated carbocycles. The maximum Gasteiger partial charge on any atom is 0.132 e. The zero-order valence-electron chi connectivity index (χ0n) is 10.2. The molecule has 0 amide bonds. The van der Waals surface area contributed by atoms with E-state index in [4.69, 9.17) is 23.2 Å². The number of nitrogens with zero attached hydrogens (tertiary/aromatic N) is 2. The molecule has 0 aliphatic rings. The van der Waals surface area contributed by atoms with Crippen LogP contribution in [0.25, 0.3) is 11.3 Å². The monoisotopic (exact) mass is 281 g/mol. The molecule has 0 aliphatic heterocycles. The second-order valence-electron chi connectivity index (χ2n) is 3.85. The van der Waals surface area contributed by atoms with Crippen molar-refractivity contribution in [2.24, 2.45) is 0 Å². The fraction of sp³-hybridized carbons (Fsp3) is 0.231. The summed E-state index contributed by atoms with van der Waals surface area (Å²) in [6.07, 6.45) is 1.53. The molecule has 18 heavy (non-hydrogen) atoms. The van der Waals surface area contributed by atoms with E-state index in [9.17, 15) is 0 Å². The van der Waals surface area contributed by atoms with Crippen molar-refractivity contribution < 1.29 is 0 Å². The van der Waals surface area contributed by atoms with Crippen LogP contribution in [-0.4, -0.2) is 16.5 Å². The predicted molar refractivity (Wildman–Crippen MR) is 76.4 cm³/mol. The van der Waals surface area contributed by atoms with E-state index in [1.807, 2.05) is 19.9 Å². The average molecular weight is 282 g/mol. The topological polar surface area (TPSA) is 37.8 Å². The number of benzene rings is 1. The van der Waals surface area contributed by atoms with Crippen LogP contribution in [0.5, 0.6) is 0 Å². The summed E-state index contributed by atoms with van der Waals surface area (Å²) in [6.45, 7) is 4.79. The standard InChI is InChI=1S/C13H13Cl2N3/c1-3-16-13-8(2)12(17-7-18-13)10-6-9(14)4-5-11(10)15/h4-7H,3H2,1-2H3,(H,16,17,18). The lowest BCUT2D eigenvalue weighted by Crippen LogP contribution is -2.03. The molecule has 1 aromatic carbocycles. The van der Waals surface area contributed by atoms with Crippen LogP contribution in [0.1, 0.15) is 12.5 Å².